The minimum absolute atomic E-state index is 0.418. The van der Waals surface area contributed by atoms with Gasteiger partial charge in [-0.05, 0) is 30.9 Å². The zero-order chi connectivity index (χ0) is 14.9. The molecule has 1 aromatic rings. The molecule has 4 heteroatoms. The number of para-hydroxylation sites is 1. The summed E-state index contributed by atoms with van der Waals surface area (Å²) in [4.78, 5) is 13.6. The largest absolute Gasteiger partial charge is 0.481 e. The van der Waals surface area contributed by atoms with Crippen LogP contribution in [0.5, 0.6) is 0 Å². The van der Waals surface area contributed by atoms with Crippen LogP contribution in [-0.4, -0.2) is 34.9 Å². The number of carbonyl (C=O) groups is 1. The second-order valence-corrected chi connectivity index (χ2v) is 6.44. The van der Waals surface area contributed by atoms with E-state index in [4.69, 9.17) is 0 Å². The highest BCUT2D eigenvalue weighted by atomic mass is 16.4. The maximum Gasteiger partial charge on any atom is 0.311 e. The SMILES string of the molecule is O=C(O)C1CCN(CC2(O)CCCCC2)c2ccccc21. The number of β-amino-alcohol motifs (C(OH)–C–C–N with tert-alkyl or cyclic N) is 1. The predicted molar refractivity (Wildman–Crippen MR) is 81.7 cm³/mol. The molecule has 4 nitrogen and oxygen atoms in total. The van der Waals surface area contributed by atoms with Crippen LogP contribution in [0.15, 0.2) is 24.3 Å². The summed E-state index contributed by atoms with van der Waals surface area (Å²) in [5.41, 5.74) is 1.26. The lowest BCUT2D eigenvalue weighted by Crippen LogP contribution is -2.47. The molecule has 1 saturated carbocycles. The summed E-state index contributed by atoms with van der Waals surface area (Å²) < 4.78 is 0. The van der Waals surface area contributed by atoms with E-state index >= 15 is 0 Å². The van der Waals surface area contributed by atoms with Gasteiger partial charge in [0.2, 0.25) is 0 Å². The van der Waals surface area contributed by atoms with Crippen molar-refractivity contribution in [2.24, 2.45) is 0 Å². The molecule has 1 heterocycles. The van der Waals surface area contributed by atoms with Gasteiger partial charge in [0.05, 0.1) is 11.5 Å². The predicted octanol–water partition coefficient (Wildman–Crippen LogP) is 2.76. The van der Waals surface area contributed by atoms with Crippen LogP contribution in [0.3, 0.4) is 0 Å². The Hall–Kier alpha value is -1.55. The van der Waals surface area contributed by atoms with E-state index in [0.717, 1.165) is 36.9 Å². The first kappa shape index (κ1) is 14.4. The van der Waals surface area contributed by atoms with Gasteiger partial charge in [0, 0.05) is 18.8 Å². The molecular weight excluding hydrogens is 266 g/mol. The van der Waals surface area contributed by atoms with Crippen LogP contribution < -0.4 is 4.90 Å². The molecule has 0 saturated heterocycles. The number of hydrogen-bond acceptors (Lipinski definition) is 3. The molecule has 2 N–H and O–H groups in total. The first-order valence-corrected chi connectivity index (χ1v) is 7.88. The van der Waals surface area contributed by atoms with Crippen molar-refractivity contribution in [2.45, 2.75) is 50.0 Å². The number of fused-ring (bicyclic) bond motifs is 1. The van der Waals surface area contributed by atoms with E-state index in [1.54, 1.807) is 0 Å². The highest BCUT2D eigenvalue weighted by Gasteiger charge is 2.35. The van der Waals surface area contributed by atoms with Crippen LogP contribution in [-0.2, 0) is 4.79 Å². The van der Waals surface area contributed by atoms with E-state index < -0.39 is 17.5 Å². The van der Waals surface area contributed by atoms with E-state index in [1.165, 1.54) is 6.42 Å². The van der Waals surface area contributed by atoms with Gasteiger partial charge in [-0.1, -0.05) is 37.5 Å². The average molecular weight is 289 g/mol. The fourth-order valence-corrected chi connectivity index (χ4v) is 3.78. The third-order valence-corrected chi connectivity index (χ3v) is 4.91. The fourth-order valence-electron chi connectivity index (χ4n) is 3.78. The number of aliphatic hydroxyl groups is 1. The van der Waals surface area contributed by atoms with Gasteiger partial charge in [-0.25, -0.2) is 0 Å². The average Bonchev–Trinajstić information content (AvgIpc) is 2.47. The number of carboxylic acid groups (broad SMARTS) is 1. The molecule has 2 aliphatic rings. The van der Waals surface area contributed by atoms with E-state index in [9.17, 15) is 15.0 Å². The van der Waals surface area contributed by atoms with Crippen molar-refractivity contribution in [3.63, 3.8) is 0 Å². The Morgan fingerprint density at radius 3 is 2.67 bits per heavy atom. The third kappa shape index (κ3) is 2.91. The van der Waals surface area contributed by atoms with Crippen LogP contribution in [0.1, 0.15) is 50.0 Å². The number of nitrogens with zero attached hydrogens (tertiary/aromatic N) is 1. The third-order valence-electron chi connectivity index (χ3n) is 4.91. The van der Waals surface area contributed by atoms with E-state index in [2.05, 4.69) is 4.90 Å². The number of carboxylic acids is 1. The molecular formula is C17H23NO3. The van der Waals surface area contributed by atoms with Crippen molar-refractivity contribution in [1.82, 2.24) is 0 Å². The maximum absolute atomic E-state index is 11.4. The van der Waals surface area contributed by atoms with Gasteiger partial charge in [-0.2, -0.15) is 0 Å². The van der Waals surface area contributed by atoms with Gasteiger partial charge in [0.25, 0.3) is 0 Å². The minimum Gasteiger partial charge on any atom is -0.481 e. The highest BCUT2D eigenvalue weighted by Crippen LogP contribution is 2.38. The monoisotopic (exact) mass is 289 g/mol. The van der Waals surface area contributed by atoms with Crippen LogP contribution in [0, 0.1) is 0 Å². The van der Waals surface area contributed by atoms with Crippen molar-refractivity contribution in [3.8, 4) is 0 Å². The lowest BCUT2D eigenvalue weighted by Gasteiger charge is -2.41. The second kappa shape index (κ2) is 5.68. The van der Waals surface area contributed by atoms with Crippen LogP contribution in [0.25, 0.3) is 0 Å². The first-order valence-electron chi connectivity index (χ1n) is 7.88. The second-order valence-electron chi connectivity index (χ2n) is 6.44. The van der Waals surface area contributed by atoms with Gasteiger partial charge >= 0.3 is 5.97 Å². The number of rotatable bonds is 3. The Morgan fingerprint density at radius 2 is 1.95 bits per heavy atom. The van der Waals surface area contributed by atoms with Gasteiger partial charge in [-0.3, -0.25) is 4.79 Å². The Kier molecular flexibility index (Phi) is 3.89. The first-order chi connectivity index (χ1) is 10.1. The van der Waals surface area contributed by atoms with Crippen LogP contribution in [0.4, 0.5) is 5.69 Å². The molecule has 114 valence electrons. The molecule has 0 amide bonds. The fraction of sp³-hybridized carbons (Fsp3) is 0.588. The van der Waals surface area contributed by atoms with E-state index in [0.29, 0.717) is 19.5 Å². The molecule has 1 fully saturated rings. The molecule has 0 bridgehead atoms. The number of benzene rings is 1. The summed E-state index contributed by atoms with van der Waals surface area (Å²) in [6, 6.07) is 7.73. The van der Waals surface area contributed by atoms with Crippen molar-refractivity contribution in [2.75, 3.05) is 18.0 Å². The van der Waals surface area contributed by atoms with Crippen LogP contribution >= 0.6 is 0 Å². The van der Waals surface area contributed by atoms with Gasteiger partial charge in [0.15, 0.2) is 0 Å². The summed E-state index contributed by atoms with van der Waals surface area (Å²) in [5, 5.41) is 20.1. The molecule has 1 aliphatic carbocycles. The van der Waals surface area contributed by atoms with Crippen molar-refractivity contribution < 1.29 is 15.0 Å². The Morgan fingerprint density at radius 1 is 1.24 bits per heavy atom. The highest BCUT2D eigenvalue weighted by molar-refractivity contribution is 5.80. The van der Waals surface area contributed by atoms with Gasteiger partial charge in [0.1, 0.15) is 0 Å². The molecule has 21 heavy (non-hydrogen) atoms. The molecule has 0 spiro atoms. The Bertz CT molecular complexity index is 523. The molecule has 3 rings (SSSR count). The summed E-state index contributed by atoms with van der Waals surface area (Å²) in [6.45, 7) is 1.33. The number of aliphatic carboxylic acids is 1. The standard InChI is InChI=1S/C17H23NO3/c19-16(20)14-8-11-18(15-7-3-2-6-13(14)15)12-17(21)9-4-1-5-10-17/h2-3,6-7,14,21H,1,4-5,8-12H2,(H,19,20). The molecule has 1 aromatic carbocycles. The van der Waals surface area contributed by atoms with Crippen molar-refractivity contribution in [3.05, 3.63) is 29.8 Å². The molecule has 0 radical (unpaired) electrons. The Balaban J connectivity index is 1.84. The quantitative estimate of drug-likeness (QED) is 0.898. The zero-order valence-electron chi connectivity index (χ0n) is 12.3. The summed E-state index contributed by atoms with van der Waals surface area (Å²) in [7, 11) is 0. The van der Waals surface area contributed by atoms with Gasteiger partial charge < -0.3 is 15.1 Å². The summed E-state index contributed by atoms with van der Waals surface area (Å²) >= 11 is 0. The molecule has 0 aromatic heterocycles. The smallest absolute Gasteiger partial charge is 0.311 e. The summed E-state index contributed by atoms with van der Waals surface area (Å²) in [6.07, 6.45) is 5.71. The molecule has 1 unspecified atom stereocenters. The molecule has 1 aliphatic heterocycles. The topological polar surface area (TPSA) is 60.8 Å². The van der Waals surface area contributed by atoms with Gasteiger partial charge in [-0.15, -0.1) is 0 Å². The lowest BCUT2D eigenvalue weighted by molar-refractivity contribution is -0.139. The maximum atomic E-state index is 11.4. The van der Waals surface area contributed by atoms with Crippen LogP contribution in [0.2, 0.25) is 0 Å². The summed E-state index contributed by atoms with van der Waals surface area (Å²) in [5.74, 6) is -1.17. The van der Waals surface area contributed by atoms with E-state index in [1.807, 2.05) is 24.3 Å². The zero-order valence-corrected chi connectivity index (χ0v) is 12.3. The van der Waals surface area contributed by atoms with Crippen molar-refractivity contribution >= 4 is 11.7 Å². The normalized spacial score (nSPS) is 24.4. The lowest BCUT2D eigenvalue weighted by atomic mass is 9.83. The Labute approximate surface area is 125 Å². The number of hydrogen-bond donors (Lipinski definition) is 2. The minimum atomic E-state index is -0.751. The van der Waals surface area contributed by atoms with E-state index in [-0.39, 0.29) is 0 Å². The molecule has 1 atom stereocenters. The van der Waals surface area contributed by atoms with Crippen molar-refractivity contribution in [1.29, 1.82) is 0 Å². The number of anilines is 1.